The predicted molar refractivity (Wildman–Crippen MR) is 119 cm³/mol. The molecule has 0 spiro atoms. The first kappa shape index (κ1) is 21.6. The maximum absolute atomic E-state index is 12.6. The van der Waals surface area contributed by atoms with Crippen molar-refractivity contribution >= 4 is 5.97 Å². The van der Waals surface area contributed by atoms with Gasteiger partial charge in [0.15, 0.2) is 11.5 Å². The van der Waals surface area contributed by atoms with Crippen LogP contribution in [0.1, 0.15) is 48.7 Å². The van der Waals surface area contributed by atoms with Crippen molar-refractivity contribution in [1.82, 2.24) is 0 Å². The summed E-state index contributed by atoms with van der Waals surface area (Å²) in [6.45, 7) is 4.72. The van der Waals surface area contributed by atoms with E-state index in [1.165, 1.54) is 0 Å². The molecule has 1 atom stereocenters. The molecule has 3 aromatic carbocycles. The molecular weight excluding hydrogens is 376 g/mol. The summed E-state index contributed by atoms with van der Waals surface area (Å²) < 4.78 is 16.7. The molecule has 0 radical (unpaired) electrons. The monoisotopic (exact) mass is 404 g/mol. The van der Waals surface area contributed by atoms with Gasteiger partial charge in [-0.15, -0.1) is 0 Å². The Morgan fingerprint density at radius 1 is 0.867 bits per heavy atom. The second-order valence-electron chi connectivity index (χ2n) is 7.12. The average Bonchev–Trinajstić information content (AvgIpc) is 2.80. The number of carbonyl (C=O) groups excluding carboxylic acids is 1. The van der Waals surface area contributed by atoms with E-state index in [2.05, 4.69) is 31.2 Å². The summed E-state index contributed by atoms with van der Waals surface area (Å²) in [5.41, 5.74) is 3.73. The Hall–Kier alpha value is -3.11. The molecule has 3 rings (SSSR count). The van der Waals surface area contributed by atoms with Crippen molar-refractivity contribution in [3.05, 3.63) is 83.9 Å². The van der Waals surface area contributed by atoms with Crippen LogP contribution in [0.5, 0.6) is 11.5 Å². The first-order chi connectivity index (χ1) is 14.6. The van der Waals surface area contributed by atoms with Crippen LogP contribution in [-0.4, -0.2) is 19.7 Å². The third kappa shape index (κ3) is 5.49. The van der Waals surface area contributed by atoms with E-state index in [-0.39, 0.29) is 6.10 Å². The average molecular weight is 405 g/mol. The molecule has 0 aliphatic carbocycles. The number of hydrogen-bond donors (Lipinski definition) is 0. The van der Waals surface area contributed by atoms with Crippen LogP contribution in [0.4, 0.5) is 0 Å². The van der Waals surface area contributed by atoms with E-state index in [1.807, 2.05) is 37.3 Å². The van der Waals surface area contributed by atoms with Crippen molar-refractivity contribution in [1.29, 1.82) is 0 Å². The maximum Gasteiger partial charge on any atom is 0.343 e. The van der Waals surface area contributed by atoms with E-state index in [0.717, 1.165) is 29.5 Å². The Morgan fingerprint density at radius 3 is 2.07 bits per heavy atom. The number of unbranched alkanes of at least 4 members (excludes halogenated alkanes) is 1. The van der Waals surface area contributed by atoms with Crippen LogP contribution in [0, 0.1) is 0 Å². The number of hydrogen-bond acceptors (Lipinski definition) is 4. The fraction of sp³-hybridized carbons (Fsp3) is 0.269. The lowest BCUT2D eigenvalue weighted by atomic mass is 10.0. The predicted octanol–water partition coefficient (Wildman–Crippen LogP) is 6.46. The number of rotatable bonds is 9. The van der Waals surface area contributed by atoms with Crippen LogP contribution in [-0.2, 0) is 4.74 Å². The zero-order valence-electron chi connectivity index (χ0n) is 17.8. The van der Waals surface area contributed by atoms with Crippen molar-refractivity contribution < 1.29 is 19.0 Å². The van der Waals surface area contributed by atoms with Crippen molar-refractivity contribution in [2.45, 2.75) is 32.8 Å². The fourth-order valence-electron chi connectivity index (χ4n) is 3.02. The lowest BCUT2D eigenvalue weighted by molar-refractivity contribution is 0.0728. The number of esters is 1. The van der Waals surface area contributed by atoms with Gasteiger partial charge in [0, 0.05) is 7.11 Å². The van der Waals surface area contributed by atoms with Gasteiger partial charge in [-0.05, 0) is 54.3 Å². The van der Waals surface area contributed by atoms with Crippen molar-refractivity contribution in [2.75, 3.05) is 13.7 Å². The van der Waals surface area contributed by atoms with Crippen molar-refractivity contribution in [3.8, 4) is 22.6 Å². The Kier molecular flexibility index (Phi) is 7.63. The van der Waals surface area contributed by atoms with Gasteiger partial charge in [0.05, 0.1) is 18.3 Å². The molecule has 0 heterocycles. The van der Waals surface area contributed by atoms with Gasteiger partial charge in [0.2, 0.25) is 0 Å². The van der Waals surface area contributed by atoms with Crippen LogP contribution in [0.2, 0.25) is 0 Å². The molecule has 0 fully saturated rings. The summed E-state index contributed by atoms with van der Waals surface area (Å²) >= 11 is 0. The van der Waals surface area contributed by atoms with Gasteiger partial charge in [-0.1, -0.05) is 61.9 Å². The Bertz CT molecular complexity index is 946. The third-order valence-electron chi connectivity index (χ3n) is 4.99. The van der Waals surface area contributed by atoms with Crippen LogP contribution < -0.4 is 9.47 Å². The minimum atomic E-state index is -0.405. The quantitative estimate of drug-likeness (QED) is 0.233. The molecule has 4 heteroatoms. The molecule has 4 nitrogen and oxygen atoms in total. The van der Waals surface area contributed by atoms with Crippen molar-refractivity contribution in [2.24, 2.45) is 0 Å². The number of methoxy groups -OCH3 is 1. The third-order valence-corrected chi connectivity index (χ3v) is 4.99. The lowest BCUT2D eigenvalue weighted by Gasteiger charge is -2.12. The van der Waals surface area contributed by atoms with E-state index >= 15 is 0 Å². The first-order valence-electron chi connectivity index (χ1n) is 10.3. The Morgan fingerprint density at radius 2 is 1.47 bits per heavy atom. The summed E-state index contributed by atoms with van der Waals surface area (Å²) in [7, 11) is 1.70. The van der Waals surface area contributed by atoms with E-state index in [4.69, 9.17) is 14.2 Å². The molecule has 0 amide bonds. The van der Waals surface area contributed by atoms with Crippen LogP contribution in [0.25, 0.3) is 11.1 Å². The molecule has 0 aliphatic heterocycles. The van der Waals surface area contributed by atoms with E-state index in [1.54, 1.807) is 25.3 Å². The maximum atomic E-state index is 12.6. The van der Waals surface area contributed by atoms with Crippen LogP contribution in [0.15, 0.2) is 72.8 Å². The molecule has 0 saturated carbocycles. The van der Waals surface area contributed by atoms with Gasteiger partial charge in [0.25, 0.3) is 0 Å². The van der Waals surface area contributed by atoms with E-state index in [0.29, 0.717) is 23.7 Å². The normalized spacial score (nSPS) is 11.7. The SMILES string of the molecule is CCCCOc1ccccc1OC(=O)c1ccc(-c2ccc(C(C)OC)cc2)cc1. The standard InChI is InChI=1S/C26H28O4/c1-4-5-18-29-24-8-6-7-9-25(24)30-26(27)23-16-14-22(15-17-23)21-12-10-20(11-13-21)19(2)28-3/h6-17,19H,4-5,18H2,1-3H3. The Labute approximate surface area is 178 Å². The molecule has 0 bridgehead atoms. The van der Waals surface area contributed by atoms with Crippen LogP contribution in [0.3, 0.4) is 0 Å². The minimum absolute atomic E-state index is 0.0602. The summed E-state index contributed by atoms with van der Waals surface area (Å²) in [5, 5.41) is 0. The molecule has 156 valence electrons. The highest BCUT2D eigenvalue weighted by Gasteiger charge is 2.13. The van der Waals surface area contributed by atoms with Gasteiger partial charge >= 0.3 is 5.97 Å². The fourth-order valence-corrected chi connectivity index (χ4v) is 3.02. The zero-order valence-corrected chi connectivity index (χ0v) is 17.8. The Balaban J connectivity index is 1.69. The van der Waals surface area contributed by atoms with Gasteiger partial charge in [-0.2, -0.15) is 0 Å². The molecule has 0 N–H and O–H groups in total. The van der Waals surface area contributed by atoms with E-state index in [9.17, 15) is 4.79 Å². The topological polar surface area (TPSA) is 44.8 Å². The highest BCUT2D eigenvalue weighted by Crippen LogP contribution is 2.28. The largest absolute Gasteiger partial charge is 0.490 e. The number of benzene rings is 3. The van der Waals surface area contributed by atoms with Gasteiger partial charge < -0.3 is 14.2 Å². The molecule has 30 heavy (non-hydrogen) atoms. The summed E-state index contributed by atoms with van der Waals surface area (Å²) in [4.78, 5) is 12.6. The zero-order chi connectivity index (χ0) is 21.3. The lowest BCUT2D eigenvalue weighted by Crippen LogP contribution is -2.09. The summed E-state index contributed by atoms with van der Waals surface area (Å²) in [6.07, 6.45) is 2.06. The highest BCUT2D eigenvalue weighted by molar-refractivity contribution is 5.92. The molecule has 0 saturated heterocycles. The molecule has 1 unspecified atom stereocenters. The number of ether oxygens (including phenoxy) is 3. The number of para-hydroxylation sites is 2. The molecular formula is C26H28O4. The first-order valence-corrected chi connectivity index (χ1v) is 10.3. The highest BCUT2D eigenvalue weighted by atomic mass is 16.6. The van der Waals surface area contributed by atoms with Gasteiger partial charge in [0.1, 0.15) is 0 Å². The summed E-state index contributed by atoms with van der Waals surface area (Å²) in [5.74, 6) is 0.615. The smallest absolute Gasteiger partial charge is 0.343 e. The minimum Gasteiger partial charge on any atom is -0.490 e. The van der Waals surface area contributed by atoms with Gasteiger partial charge in [-0.3, -0.25) is 0 Å². The molecule has 3 aromatic rings. The van der Waals surface area contributed by atoms with Gasteiger partial charge in [-0.25, -0.2) is 4.79 Å². The summed E-state index contributed by atoms with van der Waals surface area (Å²) in [6, 6.07) is 22.9. The van der Waals surface area contributed by atoms with Crippen molar-refractivity contribution in [3.63, 3.8) is 0 Å². The van der Waals surface area contributed by atoms with Crippen LogP contribution >= 0.6 is 0 Å². The second kappa shape index (κ2) is 10.6. The molecule has 0 aliphatic rings. The number of carbonyl (C=O) groups is 1. The van der Waals surface area contributed by atoms with E-state index < -0.39 is 5.97 Å². The second-order valence-corrected chi connectivity index (χ2v) is 7.12. The molecule has 0 aromatic heterocycles.